The van der Waals surface area contributed by atoms with Crippen molar-refractivity contribution in [1.82, 2.24) is 4.98 Å². The summed E-state index contributed by atoms with van der Waals surface area (Å²) in [6, 6.07) is 21.4. The van der Waals surface area contributed by atoms with Gasteiger partial charge >= 0.3 is 0 Å². The van der Waals surface area contributed by atoms with Crippen LogP contribution in [0.5, 0.6) is 0 Å². The van der Waals surface area contributed by atoms with Crippen LogP contribution in [0, 0.1) is 0 Å². The maximum atomic E-state index is 12.2. The molecule has 0 atom stereocenters. The Hall–Kier alpha value is -3.34. The number of nitrogens with zero attached hydrogens (tertiary/aromatic N) is 3. The quantitative estimate of drug-likeness (QED) is 0.773. The average molecular weight is 358 g/mol. The van der Waals surface area contributed by atoms with Crippen LogP contribution in [0.2, 0.25) is 0 Å². The van der Waals surface area contributed by atoms with Crippen molar-refractivity contribution in [2.75, 3.05) is 41.3 Å². The molecule has 27 heavy (non-hydrogen) atoms. The van der Waals surface area contributed by atoms with Gasteiger partial charge < -0.3 is 15.1 Å². The largest absolute Gasteiger partial charge is 0.368 e. The zero-order valence-electron chi connectivity index (χ0n) is 15.1. The Morgan fingerprint density at radius 2 is 1.44 bits per heavy atom. The molecule has 1 N–H and O–H groups in total. The van der Waals surface area contributed by atoms with Crippen molar-refractivity contribution in [2.45, 2.75) is 0 Å². The summed E-state index contributed by atoms with van der Waals surface area (Å²) in [7, 11) is 0. The summed E-state index contributed by atoms with van der Waals surface area (Å²) in [6.45, 7) is 3.87. The Labute approximate surface area is 159 Å². The molecule has 5 heteroatoms. The van der Waals surface area contributed by atoms with Gasteiger partial charge in [0.1, 0.15) is 0 Å². The van der Waals surface area contributed by atoms with E-state index in [2.05, 4.69) is 38.3 Å². The number of rotatable bonds is 4. The molecule has 4 rings (SSSR count). The maximum Gasteiger partial charge on any atom is 0.255 e. The Bertz CT molecular complexity index is 873. The van der Waals surface area contributed by atoms with Crippen LogP contribution in [-0.2, 0) is 0 Å². The summed E-state index contributed by atoms with van der Waals surface area (Å²) in [4.78, 5) is 21.2. The van der Waals surface area contributed by atoms with Gasteiger partial charge in [0.05, 0.1) is 11.9 Å². The summed E-state index contributed by atoms with van der Waals surface area (Å²) in [5.74, 6) is -0.0894. The molecule has 1 fully saturated rings. The smallest absolute Gasteiger partial charge is 0.255 e. The standard InChI is InChI=1S/C22H22N4O/c27-22(18-5-2-1-3-6-18)24-19-8-10-20(11-9-19)25-13-15-26(16-14-25)21-7-4-12-23-17-21/h1-12,17H,13-16H2,(H,24,27). The third kappa shape index (κ3) is 4.08. The number of carbonyl (C=O) groups excluding carboxylic acids is 1. The van der Waals surface area contributed by atoms with Crippen molar-refractivity contribution in [3.05, 3.63) is 84.7 Å². The Kier molecular flexibility index (Phi) is 5.01. The fourth-order valence-electron chi connectivity index (χ4n) is 3.31. The van der Waals surface area contributed by atoms with Gasteiger partial charge in [-0.2, -0.15) is 0 Å². The molecule has 2 heterocycles. The molecule has 5 nitrogen and oxygen atoms in total. The Balaban J connectivity index is 1.35. The van der Waals surface area contributed by atoms with E-state index in [1.807, 2.05) is 54.7 Å². The van der Waals surface area contributed by atoms with E-state index in [0.717, 1.165) is 31.9 Å². The minimum atomic E-state index is -0.0894. The highest BCUT2D eigenvalue weighted by Gasteiger charge is 2.17. The molecule has 0 spiro atoms. The Morgan fingerprint density at radius 3 is 2.07 bits per heavy atom. The summed E-state index contributed by atoms with van der Waals surface area (Å²) in [6.07, 6.45) is 3.72. The predicted octanol–water partition coefficient (Wildman–Crippen LogP) is 3.66. The molecule has 2 aromatic carbocycles. The van der Waals surface area contributed by atoms with E-state index in [0.29, 0.717) is 5.56 Å². The molecule has 0 radical (unpaired) electrons. The number of amides is 1. The molecule has 0 aliphatic carbocycles. The van der Waals surface area contributed by atoms with Gasteiger partial charge in [-0.1, -0.05) is 18.2 Å². The average Bonchev–Trinajstić information content (AvgIpc) is 2.76. The second-order valence-corrected chi connectivity index (χ2v) is 6.55. The minimum Gasteiger partial charge on any atom is -0.368 e. The van der Waals surface area contributed by atoms with Crippen LogP contribution in [-0.4, -0.2) is 37.1 Å². The van der Waals surface area contributed by atoms with E-state index in [1.165, 1.54) is 11.4 Å². The Morgan fingerprint density at radius 1 is 0.778 bits per heavy atom. The SMILES string of the molecule is O=C(Nc1ccc(N2CCN(c3cccnc3)CC2)cc1)c1ccccc1. The topological polar surface area (TPSA) is 48.5 Å². The van der Waals surface area contributed by atoms with E-state index in [9.17, 15) is 4.79 Å². The molecule has 1 saturated heterocycles. The normalized spacial score (nSPS) is 14.1. The van der Waals surface area contributed by atoms with Gasteiger partial charge in [0.2, 0.25) is 0 Å². The fraction of sp³-hybridized carbons (Fsp3) is 0.182. The monoisotopic (exact) mass is 358 g/mol. The van der Waals surface area contributed by atoms with Crippen molar-refractivity contribution in [3.8, 4) is 0 Å². The first-order valence-electron chi connectivity index (χ1n) is 9.16. The fourth-order valence-corrected chi connectivity index (χ4v) is 3.31. The molecular weight excluding hydrogens is 336 g/mol. The van der Waals surface area contributed by atoms with E-state index >= 15 is 0 Å². The zero-order chi connectivity index (χ0) is 18.5. The molecule has 3 aromatic rings. The van der Waals surface area contributed by atoms with Crippen molar-refractivity contribution >= 4 is 23.0 Å². The van der Waals surface area contributed by atoms with Crippen LogP contribution in [0.3, 0.4) is 0 Å². The van der Waals surface area contributed by atoms with Gasteiger partial charge in [0.25, 0.3) is 5.91 Å². The molecule has 1 aliphatic rings. The number of pyridine rings is 1. The lowest BCUT2D eigenvalue weighted by Gasteiger charge is -2.37. The first kappa shape index (κ1) is 17.1. The van der Waals surface area contributed by atoms with E-state index in [1.54, 1.807) is 6.20 Å². The third-order valence-electron chi connectivity index (χ3n) is 4.82. The first-order valence-corrected chi connectivity index (χ1v) is 9.16. The van der Waals surface area contributed by atoms with Gasteiger partial charge in [-0.15, -0.1) is 0 Å². The van der Waals surface area contributed by atoms with Gasteiger partial charge in [0.15, 0.2) is 0 Å². The second-order valence-electron chi connectivity index (χ2n) is 6.55. The second kappa shape index (κ2) is 7.91. The van der Waals surface area contributed by atoms with Crippen molar-refractivity contribution < 1.29 is 4.79 Å². The minimum absolute atomic E-state index is 0.0894. The molecule has 1 amide bonds. The van der Waals surface area contributed by atoms with Crippen LogP contribution in [0.15, 0.2) is 79.1 Å². The van der Waals surface area contributed by atoms with Gasteiger partial charge in [0, 0.05) is 49.3 Å². The highest BCUT2D eigenvalue weighted by molar-refractivity contribution is 6.04. The molecule has 0 saturated carbocycles. The number of hydrogen-bond donors (Lipinski definition) is 1. The molecule has 136 valence electrons. The lowest BCUT2D eigenvalue weighted by atomic mass is 10.2. The summed E-state index contributed by atoms with van der Waals surface area (Å²) < 4.78 is 0. The van der Waals surface area contributed by atoms with Crippen LogP contribution < -0.4 is 15.1 Å². The highest BCUT2D eigenvalue weighted by atomic mass is 16.1. The van der Waals surface area contributed by atoms with E-state index in [4.69, 9.17) is 0 Å². The first-order chi connectivity index (χ1) is 13.3. The number of carbonyl (C=O) groups is 1. The lowest BCUT2D eigenvalue weighted by Crippen LogP contribution is -2.46. The zero-order valence-corrected chi connectivity index (χ0v) is 15.1. The van der Waals surface area contributed by atoms with Crippen LogP contribution in [0.1, 0.15) is 10.4 Å². The molecule has 0 bridgehead atoms. The number of nitrogens with one attached hydrogen (secondary N) is 1. The molecule has 1 aliphatic heterocycles. The van der Waals surface area contributed by atoms with Crippen molar-refractivity contribution in [2.24, 2.45) is 0 Å². The lowest BCUT2D eigenvalue weighted by molar-refractivity contribution is 0.102. The molecule has 0 unspecified atom stereocenters. The maximum absolute atomic E-state index is 12.2. The summed E-state index contributed by atoms with van der Waals surface area (Å²) >= 11 is 0. The van der Waals surface area contributed by atoms with E-state index in [-0.39, 0.29) is 5.91 Å². The number of benzene rings is 2. The third-order valence-corrected chi connectivity index (χ3v) is 4.82. The number of aromatic nitrogens is 1. The molecule has 1 aromatic heterocycles. The number of hydrogen-bond acceptors (Lipinski definition) is 4. The number of piperazine rings is 1. The summed E-state index contributed by atoms with van der Waals surface area (Å²) in [5, 5.41) is 2.94. The van der Waals surface area contributed by atoms with Gasteiger partial charge in [-0.3, -0.25) is 9.78 Å². The van der Waals surface area contributed by atoms with Gasteiger partial charge in [-0.25, -0.2) is 0 Å². The van der Waals surface area contributed by atoms with Gasteiger partial charge in [-0.05, 0) is 48.5 Å². The molecular formula is C22H22N4O. The number of anilines is 3. The van der Waals surface area contributed by atoms with Crippen molar-refractivity contribution in [3.63, 3.8) is 0 Å². The van der Waals surface area contributed by atoms with Crippen LogP contribution in [0.4, 0.5) is 17.1 Å². The summed E-state index contributed by atoms with van der Waals surface area (Å²) in [5.41, 5.74) is 3.82. The van der Waals surface area contributed by atoms with Crippen LogP contribution >= 0.6 is 0 Å². The van der Waals surface area contributed by atoms with E-state index < -0.39 is 0 Å². The van der Waals surface area contributed by atoms with Crippen molar-refractivity contribution in [1.29, 1.82) is 0 Å². The predicted molar refractivity (Wildman–Crippen MR) is 110 cm³/mol. The van der Waals surface area contributed by atoms with Crippen LogP contribution in [0.25, 0.3) is 0 Å². The highest BCUT2D eigenvalue weighted by Crippen LogP contribution is 2.22.